The zero-order valence-electron chi connectivity index (χ0n) is 12.8. The molecule has 0 aromatic heterocycles. The van der Waals surface area contributed by atoms with E-state index in [4.69, 9.17) is 11.6 Å². The van der Waals surface area contributed by atoms with Crippen molar-refractivity contribution in [3.8, 4) is 0 Å². The molecule has 122 valence electrons. The van der Waals surface area contributed by atoms with Crippen LogP contribution in [-0.4, -0.2) is 32.0 Å². The fourth-order valence-electron chi connectivity index (χ4n) is 2.71. The zero-order valence-corrected chi connectivity index (χ0v) is 14.4. The molecule has 5 nitrogen and oxygen atoms in total. The molecule has 0 bridgehead atoms. The van der Waals surface area contributed by atoms with Crippen LogP contribution in [0.15, 0.2) is 12.1 Å². The minimum Gasteiger partial charge on any atom is -0.334 e. The average molecular weight is 345 g/mol. The molecule has 0 aliphatic carbocycles. The Hall–Kier alpha value is -1.27. The van der Waals surface area contributed by atoms with E-state index in [0.717, 1.165) is 23.2 Å². The minimum absolute atomic E-state index is 0.0111. The summed E-state index contributed by atoms with van der Waals surface area (Å²) in [6.45, 7) is 3.99. The molecule has 1 aromatic carbocycles. The van der Waals surface area contributed by atoms with Crippen molar-refractivity contribution in [1.82, 2.24) is 5.32 Å². The van der Waals surface area contributed by atoms with Crippen LogP contribution in [0.1, 0.15) is 31.4 Å². The van der Waals surface area contributed by atoms with Gasteiger partial charge in [-0.25, -0.2) is 13.2 Å². The van der Waals surface area contributed by atoms with Crippen LogP contribution in [0.3, 0.4) is 0 Å². The van der Waals surface area contributed by atoms with Crippen molar-refractivity contribution in [2.75, 3.05) is 16.8 Å². The molecule has 1 fully saturated rings. The Morgan fingerprint density at radius 1 is 1.32 bits per heavy atom. The van der Waals surface area contributed by atoms with E-state index in [1.807, 2.05) is 26.0 Å². The molecule has 2 amide bonds. The van der Waals surface area contributed by atoms with E-state index < -0.39 is 9.84 Å². The van der Waals surface area contributed by atoms with Gasteiger partial charge in [0.1, 0.15) is 0 Å². The van der Waals surface area contributed by atoms with Gasteiger partial charge in [0, 0.05) is 11.1 Å². The van der Waals surface area contributed by atoms with Gasteiger partial charge in [-0.15, -0.1) is 0 Å². The van der Waals surface area contributed by atoms with E-state index in [0.29, 0.717) is 17.9 Å². The van der Waals surface area contributed by atoms with Crippen molar-refractivity contribution >= 4 is 33.2 Å². The summed E-state index contributed by atoms with van der Waals surface area (Å²) in [5, 5.41) is 6.20. The Morgan fingerprint density at radius 2 is 2.05 bits per heavy atom. The number of anilines is 1. The van der Waals surface area contributed by atoms with Crippen LogP contribution in [0.25, 0.3) is 0 Å². The number of carbonyl (C=O) groups is 1. The maximum absolute atomic E-state index is 12.2. The molecule has 1 atom stereocenters. The van der Waals surface area contributed by atoms with E-state index in [-0.39, 0.29) is 23.6 Å². The number of benzene rings is 1. The number of halogens is 1. The topological polar surface area (TPSA) is 75.3 Å². The summed E-state index contributed by atoms with van der Waals surface area (Å²) >= 11 is 6.20. The van der Waals surface area contributed by atoms with Crippen molar-refractivity contribution in [2.24, 2.45) is 0 Å². The van der Waals surface area contributed by atoms with Crippen LogP contribution in [0.2, 0.25) is 5.02 Å². The number of nitrogens with one attached hydrogen (secondary N) is 2. The summed E-state index contributed by atoms with van der Waals surface area (Å²) in [6.07, 6.45) is 1.95. The van der Waals surface area contributed by atoms with E-state index >= 15 is 0 Å². The lowest BCUT2D eigenvalue weighted by molar-refractivity contribution is 0.249. The molecule has 0 spiro atoms. The lowest BCUT2D eigenvalue weighted by Gasteiger charge is -2.18. The number of sulfone groups is 1. The Balaban J connectivity index is 2.13. The number of carbonyl (C=O) groups excluding carboxylic acids is 1. The summed E-state index contributed by atoms with van der Waals surface area (Å²) in [5.74, 6) is 0.146. The standard InChI is InChI=1S/C15H21ClN2O3S/c1-3-10-5-6-13(16)12(4-2)14(10)18-15(19)17-11-7-8-22(20,21)9-11/h5-6,11H,3-4,7-9H2,1-2H3,(H2,17,18,19)/t11-/m0/s1. The van der Waals surface area contributed by atoms with Crippen LogP contribution in [0, 0.1) is 0 Å². The van der Waals surface area contributed by atoms with Gasteiger partial charge < -0.3 is 10.6 Å². The fourth-order valence-corrected chi connectivity index (χ4v) is 4.68. The number of rotatable bonds is 4. The highest BCUT2D eigenvalue weighted by atomic mass is 35.5. The average Bonchev–Trinajstić information content (AvgIpc) is 2.78. The quantitative estimate of drug-likeness (QED) is 0.881. The van der Waals surface area contributed by atoms with Gasteiger partial charge in [-0.2, -0.15) is 0 Å². The number of aryl methyl sites for hydroxylation is 1. The molecule has 0 unspecified atom stereocenters. The van der Waals surface area contributed by atoms with Gasteiger partial charge in [0.15, 0.2) is 9.84 Å². The van der Waals surface area contributed by atoms with Crippen molar-refractivity contribution in [3.63, 3.8) is 0 Å². The SMILES string of the molecule is CCc1ccc(Cl)c(CC)c1NC(=O)N[C@H]1CCS(=O)(=O)C1. The fraction of sp³-hybridized carbons (Fsp3) is 0.533. The number of urea groups is 1. The molecule has 1 aromatic rings. The zero-order chi connectivity index (χ0) is 16.3. The van der Waals surface area contributed by atoms with Crippen molar-refractivity contribution in [3.05, 3.63) is 28.3 Å². The van der Waals surface area contributed by atoms with Gasteiger partial charge in [0.2, 0.25) is 0 Å². The molecule has 2 N–H and O–H groups in total. The predicted octanol–water partition coefficient (Wildman–Crippen LogP) is 2.77. The minimum atomic E-state index is -3.01. The van der Waals surface area contributed by atoms with Crippen LogP contribution >= 0.6 is 11.6 Å². The normalized spacial score (nSPS) is 19.9. The predicted molar refractivity (Wildman–Crippen MR) is 89.4 cm³/mol. The van der Waals surface area contributed by atoms with Crippen LogP contribution in [0.4, 0.5) is 10.5 Å². The first-order valence-corrected chi connectivity index (χ1v) is 9.64. The van der Waals surface area contributed by atoms with Gasteiger partial charge in [-0.3, -0.25) is 0 Å². The molecule has 7 heteroatoms. The lowest BCUT2D eigenvalue weighted by atomic mass is 10.0. The van der Waals surface area contributed by atoms with Crippen molar-refractivity contribution < 1.29 is 13.2 Å². The largest absolute Gasteiger partial charge is 0.334 e. The van der Waals surface area contributed by atoms with Gasteiger partial charge in [-0.1, -0.05) is 31.5 Å². The second-order valence-corrected chi connectivity index (χ2v) is 8.10. The summed E-state index contributed by atoms with van der Waals surface area (Å²) in [5.41, 5.74) is 2.64. The highest BCUT2D eigenvalue weighted by Gasteiger charge is 2.29. The second kappa shape index (κ2) is 6.87. The van der Waals surface area contributed by atoms with Gasteiger partial charge >= 0.3 is 6.03 Å². The maximum atomic E-state index is 12.2. The smallest absolute Gasteiger partial charge is 0.319 e. The van der Waals surface area contributed by atoms with Crippen LogP contribution in [0.5, 0.6) is 0 Å². The third-order valence-corrected chi connectivity index (χ3v) is 6.00. The molecule has 1 saturated heterocycles. The first-order valence-electron chi connectivity index (χ1n) is 7.44. The number of hydrogen-bond donors (Lipinski definition) is 2. The molecule has 1 aliphatic heterocycles. The summed E-state index contributed by atoms with van der Waals surface area (Å²) in [6, 6.07) is 3.04. The molecule has 0 saturated carbocycles. The Morgan fingerprint density at radius 3 is 2.59 bits per heavy atom. The van der Waals surface area contributed by atoms with E-state index in [1.165, 1.54) is 0 Å². The Labute approximate surface area is 136 Å². The van der Waals surface area contributed by atoms with E-state index in [9.17, 15) is 13.2 Å². The summed E-state index contributed by atoms with van der Waals surface area (Å²) in [4.78, 5) is 12.2. The Bertz CT molecular complexity index is 674. The monoisotopic (exact) mass is 344 g/mol. The van der Waals surface area contributed by atoms with E-state index in [2.05, 4.69) is 10.6 Å². The molecule has 2 rings (SSSR count). The van der Waals surface area contributed by atoms with Gasteiger partial charge in [0.05, 0.1) is 17.2 Å². The van der Waals surface area contributed by atoms with Crippen molar-refractivity contribution in [1.29, 1.82) is 0 Å². The molecular weight excluding hydrogens is 324 g/mol. The van der Waals surface area contributed by atoms with E-state index in [1.54, 1.807) is 0 Å². The highest BCUT2D eigenvalue weighted by Crippen LogP contribution is 2.29. The van der Waals surface area contributed by atoms with Crippen molar-refractivity contribution in [2.45, 2.75) is 39.2 Å². The highest BCUT2D eigenvalue weighted by molar-refractivity contribution is 7.91. The first-order chi connectivity index (χ1) is 10.4. The van der Waals surface area contributed by atoms with Crippen LogP contribution < -0.4 is 10.6 Å². The third-order valence-electron chi connectivity index (χ3n) is 3.88. The third kappa shape index (κ3) is 3.93. The lowest BCUT2D eigenvalue weighted by Crippen LogP contribution is -2.39. The molecule has 22 heavy (non-hydrogen) atoms. The Kier molecular flexibility index (Phi) is 5.34. The molecule has 1 heterocycles. The summed E-state index contributed by atoms with van der Waals surface area (Å²) < 4.78 is 22.9. The van der Waals surface area contributed by atoms with Gasteiger partial charge in [0.25, 0.3) is 0 Å². The summed E-state index contributed by atoms with van der Waals surface area (Å²) in [7, 11) is -3.01. The number of hydrogen-bond acceptors (Lipinski definition) is 3. The second-order valence-electron chi connectivity index (χ2n) is 5.47. The first kappa shape index (κ1) is 17.1. The molecule has 1 aliphatic rings. The van der Waals surface area contributed by atoms with Crippen LogP contribution in [-0.2, 0) is 22.7 Å². The molecular formula is C15H21ClN2O3S. The number of amides is 2. The maximum Gasteiger partial charge on any atom is 0.319 e. The molecule has 0 radical (unpaired) electrons. The van der Waals surface area contributed by atoms with Gasteiger partial charge in [-0.05, 0) is 36.5 Å².